The number of sulfonamides is 1. The van der Waals surface area contributed by atoms with Crippen LogP contribution in [0.1, 0.15) is 131 Å². The second kappa shape index (κ2) is 21.1. The fraction of sp³-hybridized carbons (Fsp3) is 0.412. The SMILES string of the molecule is Cc1cc(C)c(S(=O)(=O)N(C)CC(=O)N(Cc2ccc(C3CCCCC3)cc2)c2ccc(C(=O)NCCCCCC(=O)Nc3cccc4c3CN(C3CCC(=O)NC3=O)C4=O)c(O)c2)c(C)c1. The van der Waals surface area contributed by atoms with Crippen LogP contribution in [-0.2, 0) is 42.3 Å². The van der Waals surface area contributed by atoms with Crippen LogP contribution in [0, 0.1) is 20.8 Å². The topological polar surface area (TPSA) is 203 Å². The lowest BCUT2D eigenvalue weighted by Crippen LogP contribution is -2.52. The summed E-state index contributed by atoms with van der Waals surface area (Å²) in [5.41, 5.74) is 5.98. The molecule has 1 saturated carbocycles. The molecule has 4 aromatic rings. The van der Waals surface area contributed by atoms with Gasteiger partial charge in [0.1, 0.15) is 11.8 Å². The molecular formula is C51H60N6O9S. The monoisotopic (exact) mass is 932 g/mol. The number of likely N-dealkylation sites (N-methyl/N-ethyl adjacent to an activating group) is 1. The number of nitrogens with one attached hydrogen (secondary N) is 3. The van der Waals surface area contributed by atoms with E-state index in [0.29, 0.717) is 58.8 Å². The number of aromatic hydroxyl groups is 1. The van der Waals surface area contributed by atoms with Gasteiger partial charge in [0.2, 0.25) is 33.7 Å². The highest BCUT2D eigenvalue weighted by molar-refractivity contribution is 7.89. The van der Waals surface area contributed by atoms with Crippen molar-refractivity contribution >= 4 is 56.8 Å². The molecule has 2 fully saturated rings. The Hall–Kier alpha value is -6.39. The summed E-state index contributed by atoms with van der Waals surface area (Å²) in [6, 6.07) is 20.4. The number of benzene rings is 4. The van der Waals surface area contributed by atoms with Gasteiger partial charge in [-0.1, -0.05) is 73.7 Å². The molecule has 15 nitrogen and oxygen atoms in total. The lowest BCUT2D eigenvalue weighted by molar-refractivity contribution is -0.137. The number of hydrogen-bond donors (Lipinski definition) is 4. The number of phenols is 1. The summed E-state index contributed by atoms with van der Waals surface area (Å²) in [7, 11) is -2.68. The minimum absolute atomic E-state index is 0.00224. The van der Waals surface area contributed by atoms with Crippen molar-refractivity contribution < 1.29 is 42.3 Å². The number of rotatable bonds is 17. The lowest BCUT2D eigenvalue weighted by Gasteiger charge is -2.29. The third-order valence-corrected chi connectivity index (χ3v) is 15.2. The van der Waals surface area contributed by atoms with E-state index in [9.17, 15) is 42.3 Å². The highest BCUT2D eigenvalue weighted by atomic mass is 32.2. The van der Waals surface area contributed by atoms with E-state index in [2.05, 4.69) is 28.1 Å². The van der Waals surface area contributed by atoms with Crippen LogP contribution >= 0.6 is 0 Å². The summed E-state index contributed by atoms with van der Waals surface area (Å²) < 4.78 is 28.8. The van der Waals surface area contributed by atoms with Crippen LogP contribution in [0.15, 0.2) is 77.7 Å². The summed E-state index contributed by atoms with van der Waals surface area (Å²) in [5, 5.41) is 19.2. The van der Waals surface area contributed by atoms with Crippen molar-refractivity contribution in [2.75, 3.05) is 30.4 Å². The number of aryl methyl sites for hydroxylation is 3. The predicted octanol–water partition coefficient (Wildman–Crippen LogP) is 6.91. The molecule has 1 aliphatic carbocycles. The van der Waals surface area contributed by atoms with Crippen LogP contribution < -0.4 is 20.9 Å². The molecule has 67 heavy (non-hydrogen) atoms. The van der Waals surface area contributed by atoms with Gasteiger partial charge in [0.15, 0.2) is 0 Å². The number of hydrogen-bond acceptors (Lipinski definition) is 9. The predicted molar refractivity (Wildman–Crippen MR) is 254 cm³/mol. The third kappa shape index (κ3) is 11.3. The Bertz CT molecular complexity index is 2660. The Morgan fingerprint density at radius 3 is 2.27 bits per heavy atom. The van der Waals surface area contributed by atoms with E-state index in [-0.39, 0.29) is 72.8 Å². The summed E-state index contributed by atoms with van der Waals surface area (Å²) in [4.78, 5) is 80.7. The summed E-state index contributed by atoms with van der Waals surface area (Å²) >= 11 is 0. The van der Waals surface area contributed by atoms with Crippen molar-refractivity contribution in [3.05, 3.63) is 117 Å². The van der Waals surface area contributed by atoms with Gasteiger partial charge in [-0.15, -0.1) is 0 Å². The largest absolute Gasteiger partial charge is 0.507 e. The maximum absolute atomic E-state index is 14.2. The average molecular weight is 933 g/mol. The number of nitrogens with zero attached hydrogens (tertiary/aromatic N) is 3. The van der Waals surface area contributed by atoms with E-state index in [1.54, 1.807) is 50.2 Å². The molecule has 354 valence electrons. The second-order valence-electron chi connectivity index (χ2n) is 18.1. The van der Waals surface area contributed by atoms with E-state index >= 15 is 0 Å². The van der Waals surface area contributed by atoms with Gasteiger partial charge in [0, 0.05) is 61.5 Å². The first-order valence-electron chi connectivity index (χ1n) is 23.1. The van der Waals surface area contributed by atoms with E-state index < -0.39 is 40.3 Å². The first kappa shape index (κ1) is 48.5. The molecule has 3 aliphatic rings. The number of amides is 6. The molecule has 6 amide bonds. The fourth-order valence-electron chi connectivity index (χ4n) is 9.61. The lowest BCUT2D eigenvalue weighted by atomic mass is 9.84. The minimum atomic E-state index is -4.05. The second-order valence-corrected chi connectivity index (χ2v) is 20.1. The van der Waals surface area contributed by atoms with E-state index in [0.717, 1.165) is 28.3 Å². The van der Waals surface area contributed by atoms with Crippen LogP contribution in [0.5, 0.6) is 5.75 Å². The standard InChI is InChI=1S/C51H60N6O9S/c1-32-26-33(2)48(34(3)27-32)67(65,66)55(4)31-47(61)56(29-35-17-19-37(20-18-35)36-12-7-5-8-13-36)38-21-22-40(44(58)28-38)49(62)52-25-10-6-9-16-45(59)53-42-15-11-14-39-41(42)30-57(51(39)64)43-23-24-46(60)54-50(43)63/h11,14-15,17-22,26-28,36,43,58H,5-10,12-13,16,23-25,29-31H2,1-4H3,(H,52,62)(H,53,59)(H,54,60,63). The Kier molecular flexibility index (Phi) is 15.3. The molecule has 0 bridgehead atoms. The number of piperidine rings is 1. The van der Waals surface area contributed by atoms with Crippen LogP contribution in [0.4, 0.5) is 11.4 Å². The number of carbonyl (C=O) groups is 6. The Morgan fingerprint density at radius 1 is 0.866 bits per heavy atom. The van der Waals surface area contributed by atoms with Crippen molar-refractivity contribution in [3.8, 4) is 5.75 Å². The zero-order chi connectivity index (χ0) is 48.0. The quantitative estimate of drug-likeness (QED) is 0.0641. The Labute approximate surface area is 392 Å². The van der Waals surface area contributed by atoms with Gasteiger partial charge in [-0.3, -0.25) is 34.1 Å². The molecule has 4 aromatic carbocycles. The highest BCUT2D eigenvalue weighted by Gasteiger charge is 2.40. The third-order valence-electron chi connectivity index (χ3n) is 13.1. The summed E-state index contributed by atoms with van der Waals surface area (Å²) in [5.74, 6) is -2.34. The number of fused-ring (bicyclic) bond motifs is 1. The number of anilines is 2. The molecule has 1 unspecified atom stereocenters. The number of phenolic OH excluding ortho intramolecular Hbond substituents is 1. The van der Waals surface area contributed by atoms with Crippen LogP contribution in [0.25, 0.3) is 0 Å². The van der Waals surface area contributed by atoms with Crippen LogP contribution in [-0.4, -0.2) is 84.4 Å². The van der Waals surface area contributed by atoms with Crippen molar-refractivity contribution in [2.45, 2.75) is 121 Å². The molecule has 1 atom stereocenters. The normalized spacial score (nSPS) is 16.5. The van der Waals surface area contributed by atoms with Gasteiger partial charge in [-0.2, -0.15) is 4.31 Å². The minimum Gasteiger partial charge on any atom is -0.507 e. The molecule has 7 rings (SSSR count). The summed E-state index contributed by atoms with van der Waals surface area (Å²) in [6.45, 7) is 5.40. The van der Waals surface area contributed by atoms with E-state index in [4.69, 9.17) is 0 Å². The van der Waals surface area contributed by atoms with Gasteiger partial charge in [0.25, 0.3) is 11.8 Å². The smallest absolute Gasteiger partial charge is 0.255 e. The zero-order valence-corrected chi connectivity index (χ0v) is 39.5. The zero-order valence-electron chi connectivity index (χ0n) is 38.7. The van der Waals surface area contributed by atoms with Gasteiger partial charge in [0.05, 0.1) is 23.5 Å². The average Bonchev–Trinajstić information content (AvgIpc) is 3.62. The summed E-state index contributed by atoms with van der Waals surface area (Å²) in [6.07, 6.45) is 8.19. The molecular weight excluding hydrogens is 873 g/mol. The van der Waals surface area contributed by atoms with Crippen molar-refractivity contribution in [2.24, 2.45) is 0 Å². The maximum atomic E-state index is 14.2. The fourth-order valence-corrected chi connectivity index (χ4v) is 11.1. The first-order valence-corrected chi connectivity index (χ1v) is 24.6. The number of carbonyl (C=O) groups excluding carboxylic acids is 6. The highest BCUT2D eigenvalue weighted by Crippen LogP contribution is 2.35. The van der Waals surface area contributed by atoms with Crippen molar-refractivity contribution in [1.29, 1.82) is 0 Å². The molecule has 1 saturated heterocycles. The number of imide groups is 1. The van der Waals surface area contributed by atoms with E-state index in [1.165, 1.54) is 53.8 Å². The van der Waals surface area contributed by atoms with Crippen molar-refractivity contribution in [3.63, 3.8) is 0 Å². The van der Waals surface area contributed by atoms with Crippen molar-refractivity contribution in [1.82, 2.24) is 19.8 Å². The van der Waals surface area contributed by atoms with E-state index in [1.807, 2.05) is 19.1 Å². The molecule has 16 heteroatoms. The van der Waals surface area contributed by atoms with Gasteiger partial charge < -0.3 is 25.5 Å². The van der Waals surface area contributed by atoms with Gasteiger partial charge in [-0.25, -0.2) is 8.42 Å². The Balaban J connectivity index is 0.944. The number of unbranched alkanes of at least 4 members (excludes halogenated alkanes) is 2. The van der Waals surface area contributed by atoms with Gasteiger partial charge in [-0.05, 0) is 105 Å². The molecule has 0 spiro atoms. The molecule has 0 radical (unpaired) electrons. The Morgan fingerprint density at radius 2 is 1.58 bits per heavy atom. The molecule has 0 aromatic heterocycles. The molecule has 2 aliphatic heterocycles. The first-order chi connectivity index (χ1) is 32.0. The molecule has 4 N–H and O–H groups in total. The maximum Gasteiger partial charge on any atom is 0.255 e. The van der Waals surface area contributed by atoms with Gasteiger partial charge >= 0.3 is 0 Å². The van der Waals surface area contributed by atoms with Crippen LogP contribution in [0.2, 0.25) is 0 Å². The molecule has 2 heterocycles. The van der Waals surface area contributed by atoms with Crippen LogP contribution in [0.3, 0.4) is 0 Å².